The van der Waals surface area contributed by atoms with E-state index in [9.17, 15) is 18.0 Å². The van der Waals surface area contributed by atoms with Crippen molar-refractivity contribution >= 4 is 11.7 Å². The SMILES string of the molecule is C#C/C(=C\C=C(/CC(F)(F)F)Oc1cc(CN=C(N)/C=C\NC)cc(OC)c1)C(=O)N(C)CC.CCCOC. The van der Waals surface area contributed by atoms with Crippen LogP contribution in [-0.4, -0.2) is 64.3 Å². The van der Waals surface area contributed by atoms with Gasteiger partial charge in [-0.15, -0.1) is 6.42 Å². The molecule has 216 valence electrons. The van der Waals surface area contributed by atoms with E-state index in [1.165, 1.54) is 31.2 Å². The van der Waals surface area contributed by atoms with Gasteiger partial charge in [0.25, 0.3) is 5.91 Å². The van der Waals surface area contributed by atoms with E-state index in [0.717, 1.165) is 25.2 Å². The van der Waals surface area contributed by atoms with Crippen LogP contribution in [0.3, 0.4) is 0 Å². The highest BCUT2D eigenvalue weighted by Crippen LogP contribution is 2.30. The van der Waals surface area contributed by atoms with E-state index < -0.39 is 24.3 Å². The van der Waals surface area contributed by atoms with Crippen molar-refractivity contribution in [1.82, 2.24) is 10.2 Å². The highest BCUT2D eigenvalue weighted by Gasteiger charge is 2.30. The number of carbonyl (C=O) groups is 1. The Morgan fingerprint density at radius 3 is 2.36 bits per heavy atom. The number of hydrogen-bond acceptors (Lipinski definition) is 6. The fourth-order valence-electron chi connectivity index (χ4n) is 2.69. The van der Waals surface area contributed by atoms with Gasteiger partial charge < -0.3 is 30.2 Å². The van der Waals surface area contributed by atoms with Gasteiger partial charge >= 0.3 is 6.18 Å². The third-order valence-electron chi connectivity index (χ3n) is 4.72. The lowest BCUT2D eigenvalue weighted by molar-refractivity contribution is -0.131. The number of halogens is 3. The number of terminal acetylenes is 1. The normalized spacial score (nSPS) is 12.4. The number of allylic oxidation sites excluding steroid dienone is 3. The van der Waals surface area contributed by atoms with Crippen LogP contribution in [0.2, 0.25) is 0 Å². The number of benzene rings is 1. The number of alkyl halides is 3. The molecule has 8 nitrogen and oxygen atoms in total. The van der Waals surface area contributed by atoms with Crippen LogP contribution in [-0.2, 0) is 16.1 Å². The number of nitrogens with one attached hydrogen (secondary N) is 1. The summed E-state index contributed by atoms with van der Waals surface area (Å²) in [4.78, 5) is 17.8. The number of rotatable bonds is 13. The van der Waals surface area contributed by atoms with Crippen LogP contribution < -0.4 is 20.5 Å². The number of ether oxygens (including phenoxy) is 3. The van der Waals surface area contributed by atoms with Gasteiger partial charge in [-0.25, -0.2) is 0 Å². The molecule has 0 saturated heterocycles. The van der Waals surface area contributed by atoms with Crippen LogP contribution in [0.15, 0.2) is 59.0 Å². The number of methoxy groups -OCH3 is 2. The number of nitrogens with two attached hydrogens (primary N) is 1. The minimum absolute atomic E-state index is 0.0945. The molecule has 11 heteroatoms. The van der Waals surface area contributed by atoms with Gasteiger partial charge in [-0.05, 0) is 55.5 Å². The van der Waals surface area contributed by atoms with Crippen molar-refractivity contribution in [2.45, 2.75) is 39.4 Å². The third-order valence-corrected chi connectivity index (χ3v) is 4.72. The molecule has 0 unspecified atom stereocenters. The zero-order valence-corrected chi connectivity index (χ0v) is 23.4. The molecule has 0 radical (unpaired) electrons. The zero-order chi connectivity index (χ0) is 29.8. The molecular formula is C28H39F3N4O4. The van der Waals surface area contributed by atoms with Gasteiger partial charge in [0.1, 0.15) is 29.5 Å². The van der Waals surface area contributed by atoms with E-state index in [-0.39, 0.29) is 23.7 Å². The van der Waals surface area contributed by atoms with Gasteiger partial charge in [0, 0.05) is 40.4 Å². The summed E-state index contributed by atoms with van der Waals surface area (Å²) < 4.78 is 54.9. The largest absolute Gasteiger partial charge is 0.497 e. The van der Waals surface area contributed by atoms with Crippen molar-refractivity contribution in [3.63, 3.8) is 0 Å². The number of amidine groups is 1. The first-order valence-corrected chi connectivity index (χ1v) is 12.1. The van der Waals surface area contributed by atoms with Crippen molar-refractivity contribution in [1.29, 1.82) is 0 Å². The molecule has 39 heavy (non-hydrogen) atoms. The van der Waals surface area contributed by atoms with E-state index in [1.54, 1.807) is 39.4 Å². The highest BCUT2D eigenvalue weighted by molar-refractivity contribution is 5.97. The molecule has 0 saturated carbocycles. The fraction of sp³-hybridized carbons (Fsp3) is 0.429. The lowest BCUT2D eigenvalue weighted by Gasteiger charge is -2.15. The smallest absolute Gasteiger partial charge is 0.396 e. The highest BCUT2D eigenvalue weighted by atomic mass is 19.4. The molecule has 0 aliphatic carbocycles. The van der Waals surface area contributed by atoms with E-state index in [4.69, 9.17) is 26.4 Å². The molecule has 0 fully saturated rings. The lowest BCUT2D eigenvalue weighted by Crippen LogP contribution is -2.27. The Morgan fingerprint density at radius 1 is 1.21 bits per heavy atom. The summed E-state index contributed by atoms with van der Waals surface area (Å²) in [5, 5.41) is 2.78. The topological polar surface area (TPSA) is 98.4 Å². The molecule has 1 rings (SSSR count). The standard InChI is InChI=1S/C24H29F3N4O3.C4H10O/c1-6-18(23(32)31(4)7-2)8-9-19(15-24(25,26)27)34-21-13-17(12-20(14-21)33-5)16-30-22(28)10-11-29-3;1-3-4-5-2/h1,8-14,29H,7,15-16H2,2-5H3,(H2,28,30);3-4H2,1-2H3/b11-10-,18-8+,19-9+;. The first kappa shape index (κ1) is 35.1. The predicted molar refractivity (Wildman–Crippen MR) is 148 cm³/mol. The predicted octanol–water partition coefficient (Wildman–Crippen LogP) is 4.58. The van der Waals surface area contributed by atoms with Gasteiger partial charge in [-0.2, -0.15) is 13.2 Å². The van der Waals surface area contributed by atoms with Crippen LogP contribution in [0.1, 0.15) is 32.3 Å². The van der Waals surface area contributed by atoms with E-state index in [0.29, 0.717) is 17.9 Å². The average Bonchev–Trinajstić information content (AvgIpc) is 2.90. The first-order chi connectivity index (χ1) is 18.4. The Morgan fingerprint density at radius 2 is 1.87 bits per heavy atom. The molecule has 0 aliphatic rings. The number of likely N-dealkylation sites (N-methyl/N-ethyl adjacent to an activating group) is 1. The Balaban J connectivity index is 0.00000263. The van der Waals surface area contributed by atoms with Crippen LogP contribution in [0.5, 0.6) is 11.5 Å². The maximum atomic E-state index is 13.2. The van der Waals surface area contributed by atoms with E-state index in [1.807, 2.05) is 0 Å². The van der Waals surface area contributed by atoms with Gasteiger partial charge in [0.05, 0.1) is 19.2 Å². The second-order valence-electron chi connectivity index (χ2n) is 7.94. The van der Waals surface area contributed by atoms with Crippen LogP contribution >= 0.6 is 0 Å². The summed E-state index contributed by atoms with van der Waals surface area (Å²) in [6, 6.07) is 4.62. The van der Waals surface area contributed by atoms with Gasteiger partial charge in [0.2, 0.25) is 0 Å². The summed E-state index contributed by atoms with van der Waals surface area (Å²) in [5.41, 5.74) is 6.28. The summed E-state index contributed by atoms with van der Waals surface area (Å²) in [6.07, 6.45) is 5.92. The molecule has 0 atom stereocenters. The molecule has 0 aromatic heterocycles. The first-order valence-electron chi connectivity index (χ1n) is 12.1. The van der Waals surface area contributed by atoms with E-state index >= 15 is 0 Å². The molecule has 0 aliphatic heterocycles. The van der Waals surface area contributed by atoms with Crippen molar-refractivity contribution < 1.29 is 32.2 Å². The van der Waals surface area contributed by atoms with Crippen LogP contribution in [0.4, 0.5) is 13.2 Å². The number of hydrogen-bond donors (Lipinski definition) is 2. The molecule has 1 aromatic carbocycles. The molecule has 0 heterocycles. The molecule has 3 N–H and O–H groups in total. The van der Waals surface area contributed by atoms with Crippen molar-refractivity contribution in [2.75, 3.05) is 41.5 Å². The maximum Gasteiger partial charge on any atom is 0.396 e. The van der Waals surface area contributed by atoms with Crippen molar-refractivity contribution in [2.24, 2.45) is 10.7 Å². The molecule has 0 spiro atoms. The summed E-state index contributed by atoms with van der Waals surface area (Å²) in [7, 11) is 6.37. The monoisotopic (exact) mass is 552 g/mol. The Kier molecular flexibility index (Phi) is 17.3. The van der Waals surface area contributed by atoms with Crippen LogP contribution in [0.25, 0.3) is 0 Å². The Labute approximate surface area is 229 Å². The number of carbonyl (C=O) groups excluding carboxylic acids is 1. The molecule has 0 bridgehead atoms. The molecule has 1 amide bonds. The second-order valence-corrected chi connectivity index (χ2v) is 7.94. The fourth-order valence-corrected chi connectivity index (χ4v) is 2.69. The van der Waals surface area contributed by atoms with Crippen molar-refractivity contribution in [3.8, 4) is 23.8 Å². The third kappa shape index (κ3) is 15.8. The lowest BCUT2D eigenvalue weighted by atomic mass is 10.2. The van der Waals surface area contributed by atoms with Crippen molar-refractivity contribution in [3.05, 3.63) is 59.5 Å². The number of amides is 1. The summed E-state index contributed by atoms with van der Waals surface area (Å²) in [6.45, 7) is 5.25. The number of nitrogens with zero attached hydrogens (tertiary/aromatic N) is 2. The molecular weight excluding hydrogens is 513 g/mol. The zero-order valence-electron chi connectivity index (χ0n) is 23.4. The minimum atomic E-state index is -4.56. The Hall–Kier alpha value is -3.91. The number of aliphatic imine (C=N–C) groups is 1. The van der Waals surface area contributed by atoms with Gasteiger partial charge in [-0.1, -0.05) is 12.8 Å². The second kappa shape index (κ2) is 19.2. The summed E-state index contributed by atoms with van der Waals surface area (Å²) >= 11 is 0. The molecule has 1 aromatic rings. The van der Waals surface area contributed by atoms with Gasteiger partial charge in [0.15, 0.2) is 0 Å². The maximum absolute atomic E-state index is 13.2. The summed E-state index contributed by atoms with van der Waals surface area (Å²) in [5.74, 6) is 1.97. The Bertz CT molecular complexity index is 1060. The minimum Gasteiger partial charge on any atom is -0.497 e. The van der Waals surface area contributed by atoms with Gasteiger partial charge in [-0.3, -0.25) is 9.79 Å². The average molecular weight is 553 g/mol. The van der Waals surface area contributed by atoms with E-state index in [2.05, 4.69) is 23.2 Å². The van der Waals surface area contributed by atoms with Crippen LogP contribution in [0, 0.1) is 12.3 Å². The quantitative estimate of drug-likeness (QED) is 0.0929.